The molecule has 3 aromatic rings. The van der Waals surface area contributed by atoms with Crippen molar-refractivity contribution in [2.45, 2.75) is 20.0 Å². The van der Waals surface area contributed by atoms with E-state index in [2.05, 4.69) is 0 Å². The van der Waals surface area contributed by atoms with Gasteiger partial charge in [-0.3, -0.25) is 0 Å². The van der Waals surface area contributed by atoms with Gasteiger partial charge in [0.1, 0.15) is 23.3 Å². The van der Waals surface area contributed by atoms with Crippen LogP contribution >= 0.6 is 11.3 Å². The molecule has 1 aromatic carbocycles. The number of aliphatic hydroxyl groups is 1. The summed E-state index contributed by atoms with van der Waals surface area (Å²) in [5, 5.41) is 13.0. The predicted molar refractivity (Wildman–Crippen MR) is 74.0 cm³/mol. The van der Waals surface area contributed by atoms with E-state index in [4.69, 9.17) is 4.42 Å². The lowest BCUT2D eigenvalue weighted by atomic mass is 10.1. The standard InChI is InChI=1S/C15H13FO2S/c1-8-5-10(7-19-8)14(17)15-9(2)12-6-11(16)3-4-13(12)18-15/h3-7,14,17H,1-2H3. The molecule has 0 saturated carbocycles. The molecule has 2 heterocycles. The highest BCUT2D eigenvalue weighted by Crippen LogP contribution is 2.34. The summed E-state index contributed by atoms with van der Waals surface area (Å²) in [5.41, 5.74) is 2.19. The highest BCUT2D eigenvalue weighted by molar-refractivity contribution is 7.10. The fourth-order valence-corrected chi connectivity index (χ4v) is 2.95. The van der Waals surface area contributed by atoms with Crippen LogP contribution in [0.1, 0.15) is 27.9 Å². The quantitative estimate of drug-likeness (QED) is 0.755. The zero-order valence-electron chi connectivity index (χ0n) is 10.6. The molecule has 98 valence electrons. The van der Waals surface area contributed by atoms with Crippen molar-refractivity contribution in [1.29, 1.82) is 0 Å². The molecule has 0 amide bonds. The van der Waals surface area contributed by atoms with Gasteiger partial charge in [-0.2, -0.15) is 0 Å². The molecule has 19 heavy (non-hydrogen) atoms. The Labute approximate surface area is 114 Å². The number of hydrogen-bond donors (Lipinski definition) is 1. The summed E-state index contributed by atoms with van der Waals surface area (Å²) in [5.74, 6) is 0.183. The Bertz CT molecular complexity index is 742. The normalized spacial score (nSPS) is 13.1. The zero-order chi connectivity index (χ0) is 13.6. The molecule has 3 rings (SSSR count). The van der Waals surface area contributed by atoms with Gasteiger partial charge in [-0.15, -0.1) is 11.3 Å². The minimum absolute atomic E-state index is 0.302. The van der Waals surface area contributed by atoms with Crippen LogP contribution in [-0.2, 0) is 0 Å². The van der Waals surface area contributed by atoms with E-state index in [1.807, 2.05) is 25.3 Å². The molecule has 4 heteroatoms. The van der Waals surface area contributed by atoms with E-state index in [1.54, 1.807) is 17.4 Å². The molecule has 1 N–H and O–H groups in total. The van der Waals surface area contributed by atoms with Crippen molar-refractivity contribution in [2.75, 3.05) is 0 Å². The zero-order valence-corrected chi connectivity index (χ0v) is 11.4. The van der Waals surface area contributed by atoms with Gasteiger partial charge in [0.05, 0.1) is 0 Å². The minimum Gasteiger partial charge on any atom is -0.458 e. The van der Waals surface area contributed by atoms with Gasteiger partial charge < -0.3 is 9.52 Å². The summed E-state index contributed by atoms with van der Waals surface area (Å²) in [6.45, 7) is 3.82. The second-order valence-corrected chi connectivity index (χ2v) is 5.74. The summed E-state index contributed by atoms with van der Waals surface area (Å²) >= 11 is 1.58. The fraction of sp³-hybridized carbons (Fsp3) is 0.200. The molecule has 1 unspecified atom stereocenters. The highest BCUT2D eigenvalue weighted by atomic mass is 32.1. The molecule has 2 nitrogen and oxygen atoms in total. The van der Waals surface area contributed by atoms with Gasteiger partial charge in [-0.05, 0) is 49.1 Å². The van der Waals surface area contributed by atoms with Gasteiger partial charge >= 0.3 is 0 Å². The largest absolute Gasteiger partial charge is 0.458 e. The Morgan fingerprint density at radius 2 is 2.05 bits per heavy atom. The highest BCUT2D eigenvalue weighted by Gasteiger charge is 2.20. The van der Waals surface area contributed by atoms with E-state index in [9.17, 15) is 9.50 Å². The predicted octanol–water partition coefficient (Wildman–Crippen LogP) is 4.33. The molecule has 2 aromatic heterocycles. The number of furan rings is 1. The van der Waals surface area contributed by atoms with Crippen molar-refractivity contribution in [3.63, 3.8) is 0 Å². The molecule has 0 bridgehead atoms. The number of thiophene rings is 1. The fourth-order valence-electron chi connectivity index (χ4n) is 2.23. The number of benzene rings is 1. The third-order valence-corrected chi connectivity index (χ3v) is 4.13. The first-order valence-corrected chi connectivity index (χ1v) is 6.86. The maximum Gasteiger partial charge on any atom is 0.141 e. The Morgan fingerprint density at radius 3 is 2.74 bits per heavy atom. The average Bonchev–Trinajstić information content (AvgIpc) is 2.94. The van der Waals surface area contributed by atoms with Crippen molar-refractivity contribution in [3.8, 4) is 0 Å². The van der Waals surface area contributed by atoms with Crippen molar-refractivity contribution < 1.29 is 13.9 Å². The number of halogens is 1. The molecular formula is C15H13FO2S. The third-order valence-electron chi connectivity index (χ3n) is 3.25. The average molecular weight is 276 g/mol. The van der Waals surface area contributed by atoms with E-state index in [-0.39, 0.29) is 5.82 Å². The Morgan fingerprint density at radius 1 is 1.26 bits per heavy atom. The van der Waals surface area contributed by atoms with Crippen LogP contribution in [0.2, 0.25) is 0 Å². The van der Waals surface area contributed by atoms with Crippen molar-refractivity contribution in [2.24, 2.45) is 0 Å². The van der Waals surface area contributed by atoms with Crippen LogP contribution in [0.15, 0.2) is 34.1 Å². The molecular weight excluding hydrogens is 263 g/mol. The molecule has 0 spiro atoms. The first-order valence-electron chi connectivity index (χ1n) is 5.98. The van der Waals surface area contributed by atoms with Gasteiger partial charge in [-0.1, -0.05) is 0 Å². The number of rotatable bonds is 2. The van der Waals surface area contributed by atoms with Gasteiger partial charge in [-0.25, -0.2) is 4.39 Å². The van der Waals surface area contributed by atoms with Crippen molar-refractivity contribution in [3.05, 3.63) is 57.2 Å². The van der Waals surface area contributed by atoms with Crippen LogP contribution in [0.3, 0.4) is 0 Å². The molecule has 0 aliphatic rings. The maximum absolute atomic E-state index is 13.3. The first-order chi connectivity index (χ1) is 9.06. The molecule has 1 atom stereocenters. The van der Waals surface area contributed by atoms with E-state index in [0.29, 0.717) is 16.7 Å². The summed E-state index contributed by atoms with van der Waals surface area (Å²) in [6, 6.07) is 6.31. The van der Waals surface area contributed by atoms with E-state index in [1.165, 1.54) is 12.1 Å². The Hall–Kier alpha value is -1.65. The summed E-state index contributed by atoms with van der Waals surface area (Å²) < 4.78 is 18.9. The lowest BCUT2D eigenvalue weighted by Crippen LogP contribution is -1.97. The number of aryl methyl sites for hydroxylation is 2. The van der Waals surface area contributed by atoms with Crippen LogP contribution in [0.25, 0.3) is 11.0 Å². The summed E-state index contributed by atoms with van der Waals surface area (Å²) in [7, 11) is 0. The lowest BCUT2D eigenvalue weighted by Gasteiger charge is -2.06. The SMILES string of the molecule is Cc1cc(C(O)c2oc3ccc(F)cc3c2C)cs1. The van der Waals surface area contributed by atoms with Gasteiger partial charge in [0, 0.05) is 15.8 Å². The number of fused-ring (bicyclic) bond motifs is 1. The first kappa shape index (κ1) is 12.4. The van der Waals surface area contributed by atoms with Crippen LogP contribution in [0, 0.1) is 19.7 Å². The van der Waals surface area contributed by atoms with E-state index >= 15 is 0 Å². The molecule has 0 aliphatic heterocycles. The van der Waals surface area contributed by atoms with E-state index < -0.39 is 6.10 Å². The third kappa shape index (κ3) is 2.07. The minimum atomic E-state index is -0.805. The molecule has 0 saturated heterocycles. The summed E-state index contributed by atoms with van der Waals surface area (Å²) in [4.78, 5) is 1.13. The van der Waals surface area contributed by atoms with Crippen LogP contribution < -0.4 is 0 Å². The van der Waals surface area contributed by atoms with Gasteiger partial charge in [0.2, 0.25) is 0 Å². The molecule has 0 radical (unpaired) electrons. The molecule has 0 aliphatic carbocycles. The maximum atomic E-state index is 13.3. The van der Waals surface area contributed by atoms with Crippen LogP contribution in [0.5, 0.6) is 0 Å². The van der Waals surface area contributed by atoms with E-state index in [0.717, 1.165) is 16.0 Å². The van der Waals surface area contributed by atoms with Crippen molar-refractivity contribution in [1.82, 2.24) is 0 Å². The van der Waals surface area contributed by atoms with Crippen molar-refractivity contribution >= 4 is 22.3 Å². The topological polar surface area (TPSA) is 33.4 Å². The second kappa shape index (κ2) is 4.47. The van der Waals surface area contributed by atoms with Crippen LogP contribution in [0.4, 0.5) is 4.39 Å². The Balaban J connectivity index is 2.12. The second-order valence-electron chi connectivity index (χ2n) is 4.63. The van der Waals surface area contributed by atoms with Gasteiger partial charge in [0.25, 0.3) is 0 Å². The lowest BCUT2D eigenvalue weighted by molar-refractivity contribution is 0.191. The number of hydrogen-bond acceptors (Lipinski definition) is 3. The smallest absolute Gasteiger partial charge is 0.141 e. The van der Waals surface area contributed by atoms with Gasteiger partial charge in [0.15, 0.2) is 0 Å². The summed E-state index contributed by atoms with van der Waals surface area (Å²) in [6.07, 6.45) is -0.805. The monoisotopic (exact) mass is 276 g/mol. The van der Waals surface area contributed by atoms with Crippen LogP contribution in [-0.4, -0.2) is 5.11 Å². The molecule has 0 fully saturated rings. The number of aliphatic hydroxyl groups excluding tert-OH is 1. The Kier molecular flexibility index (Phi) is 2.92.